The van der Waals surface area contributed by atoms with E-state index in [1.54, 1.807) is 0 Å². The highest BCUT2D eigenvalue weighted by Crippen LogP contribution is 2.34. The zero-order valence-corrected chi connectivity index (χ0v) is 12.1. The van der Waals surface area contributed by atoms with E-state index in [1.165, 1.54) is 0 Å². The van der Waals surface area contributed by atoms with Gasteiger partial charge in [0.2, 0.25) is 5.91 Å². The average Bonchev–Trinajstić information content (AvgIpc) is 2.44. The van der Waals surface area contributed by atoms with Crippen molar-refractivity contribution in [2.45, 2.75) is 52.6 Å². The molecule has 0 saturated carbocycles. The molecule has 0 aromatic carbocycles. The fourth-order valence-corrected chi connectivity index (χ4v) is 2.65. The van der Waals surface area contributed by atoms with Gasteiger partial charge in [0.25, 0.3) is 0 Å². The minimum atomic E-state index is -0.173. The van der Waals surface area contributed by atoms with E-state index in [4.69, 9.17) is 0 Å². The van der Waals surface area contributed by atoms with Gasteiger partial charge in [0.05, 0.1) is 17.6 Å². The molecule has 0 aromatic heterocycles. The summed E-state index contributed by atoms with van der Waals surface area (Å²) in [7, 11) is 0. The van der Waals surface area contributed by atoms with Gasteiger partial charge in [0.1, 0.15) is 0 Å². The largest absolute Gasteiger partial charge is 0.324 e. The van der Waals surface area contributed by atoms with Crippen molar-refractivity contribution < 1.29 is 4.79 Å². The van der Waals surface area contributed by atoms with Crippen LogP contribution >= 0.6 is 0 Å². The Morgan fingerprint density at radius 1 is 1.06 bits per heavy atom. The molecule has 1 aliphatic rings. The number of hydrogen-bond donors (Lipinski definition) is 0. The Kier molecular flexibility index (Phi) is 4.03. The molecule has 0 aliphatic carbocycles. The first-order chi connectivity index (χ1) is 7.74. The monoisotopic (exact) mass is 238 g/mol. The number of hydrogen-bond acceptors (Lipinski definition) is 2. The van der Waals surface area contributed by atoms with E-state index in [-0.39, 0.29) is 17.0 Å². The van der Waals surface area contributed by atoms with E-state index in [0.717, 1.165) is 13.1 Å². The van der Waals surface area contributed by atoms with E-state index in [2.05, 4.69) is 58.6 Å². The molecule has 0 radical (unpaired) electrons. The summed E-state index contributed by atoms with van der Waals surface area (Å²) in [6, 6.07) is 0. The fourth-order valence-electron chi connectivity index (χ4n) is 2.65. The SMILES string of the molecule is CCN(CC)CC(=O)N1C(C)(C)C=CC1(C)C. The zero-order chi connectivity index (χ0) is 13.3. The second kappa shape index (κ2) is 4.81. The third-order valence-electron chi connectivity index (χ3n) is 3.55. The van der Waals surface area contributed by atoms with Crippen molar-refractivity contribution in [1.82, 2.24) is 9.80 Å². The second-order valence-electron chi connectivity index (χ2n) is 5.83. The average molecular weight is 238 g/mol. The van der Waals surface area contributed by atoms with E-state index in [9.17, 15) is 4.79 Å². The minimum absolute atomic E-state index is 0.173. The maximum Gasteiger partial charge on any atom is 0.238 e. The number of amides is 1. The summed E-state index contributed by atoms with van der Waals surface area (Å²) in [5.74, 6) is 0.216. The van der Waals surface area contributed by atoms with Gasteiger partial charge in [-0.1, -0.05) is 26.0 Å². The number of carbonyl (C=O) groups is 1. The molecule has 0 fully saturated rings. The van der Waals surface area contributed by atoms with E-state index >= 15 is 0 Å². The van der Waals surface area contributed by atoms with Gasteiger partial charge >= 0.3 is 0 Å². The molecule has 3 heteroatoms. The summed E-state index contributed by atoms with van der Waals surface area (Å²) in [6.45, 7) is 14.9. The van der Waals surface area contributed by atoms with Crippen LogP contribution in [0.4, 0.5) is 0 Å². The van der Waals surface area contributed by atoms with Crippen molar-refractivity contribution >= 4 is 5.91 Å². The molecule has 1 heterocycles. The maximum absolute atomic E-state index is 12.4. The van der Waals surface area contributed by atoms with E-state index in [1.807, 2.05) is 4.90 Å². The van der Waals surface area contributed by atoms with Crippen LogP contribution < -0.4 is 0 Å². The maximum atomic E-state index is 12.4. The number of nitrogens with zero attached hydrogens (tertiary/aromatic N) is 2. The Bertz CT molecular complexity index is 296. The van der Waals surface area contributed by atoms with Crippen molar-refractivity contribution in [1.29, 1.82) is 0 Å². The first-order valence-corrected chi connectivity index (χ1v) is 6.50. The molecule has 0 bridgehead atoms. The lowest BCUT2D eigenvalue weighted by Gasteiger charge is -2.41. The second-order valence-corrected chi connectivity index (χ2v) is 5.83. The number of likely N-dealkylation sites (N-methyl/N-ethyl adjacent to an activating group) is 1. The van der Waals surface area contributed by atoms with Crippen molar-refractivity contribution in [3.63, 3.8) is 0 Å². The standard InChI is InChI=1S/C14H26N2O/c1-7-15(8-2)11-12(17)16-13(3,4)9-10-14(16,5)6/h9-10H,7-8,11H2,1-6H3. The topological polar surface area (TPSA) is 23.6 Å². The molecule has 98 valence electrons. The van der Waals surface area contributed by atoms with Crippen LogP contribution in [0.5, 0.6) is 0 Å². The summed E-state index contributed by atoms with van der Waals surface area (Å²) >= 11 is 0. The summed E-state index contributed by atoms with van der Waals surface area (Å²) in [6.07, 6.45) is 4.26. The van der Waals surface area contributed by atoms with Crippen LogP contribution in [0.1, 0.15) is 41.5 Å². The quantitative estimate of drug-likeness (QED) is 0.702. The molecule has 17 heavy (non-hydrogen) atoms. The Morgan fingerprint density at radius 2 is 1.47 bits per heavy atom. The van der Waals surface area contributed by atoms with Crippen molar-refractivity contribution in [2.24, 2.45) is 0 Å². The Labute approximate surface area is 105 Å². The van der Waals surface area contributed by atoms with E-state index in [0.29, 0.717) is 6.54 Å². The van der Waals surface area contributed by atoms with Crippen molar-refractivity contribution in [3.8, 4) is 0 Å². The molecule has 1 rings (SSSR count). The predicted octanol–water partition coefficient (Wildman–Crippen LogP) is 2.28. The summed E-state index contributed by atoms with van der Waals surface area (Å²) in [5, 5.41) is 0. The summed E-state index contributed by atoms with van der Waals surface area (Å²) in [5.41, 5.74) is -0.346. The van der Waals surface area contributed by atoms with Gasteiger partial charge in [-0.15, -0.1) is 0 Å². The molecule has 0 atom stereocenters. The lowest BCUT2D eigenvalue weighted by molar-refractivity contribution is -0.139. The highest BCUT2D eigenvalue weighted by atomic mass is 16.2. The molecule has 3 nitrogen and oxygen atoms in total. The third-order valence-corrected chi connectivity index (χ3v) is 3.55. The first-order valence-electron chi connectivity index (χ1n) is 6.50. The van der Waals surface area contributed by atoms with Crippen molar-refractivity contribution in [2.75, 3.05) is 19.6 Å². The lowest BCUT2D eigenvalue weighted by Crippen LogP contribution is -2.55. The highest BCUT2D eigenvalue weighted by molar-refractivity contribution is 5.81. The Hall–Kier alpha value is -0.830. The molecule has 0 spiro atoms. The fraction of sp³-hybridized carbons (Fsp3) is 0.786. The van der Waals surface area contributed by atoms with Crippen LogP contribution in [0.2, 0.25) is 0 Å². The van der Waals surface area contributed by atoms with Gasteiger partial charge in [0, 0.05) is 0 Å². The van der Waals surface area contributed by atoms with Gasteiger partial charge in [-0.05, 0) is 40.8 Å². The molecular weight excluding hydrogens is 212 g/mol. The highest BCUT2D eigenvalue weighted by Gasteiger charge is 2.42. The summed E-state index contributed by atoms with van der Waals surface area (Å²) < 4.78 is 0. The van der Waals surface area contributed by atoms with Crippen LogP contribution in [-0.4, -0.2) is 46.4 Å². The molecule has 0 aromatic rings. The molecule has 0 N–H and O–H groups in total. The molecular formula is C14H26N2O. The summed E-state index contributed by atoms with van der Waals surface area (Å²) in [4.78, 5) is 16.6. The Morgan fingerprint density at radius 3 is 1.82 bits per heavy atom. The first kappa shape index (κ1) is 14.2. The normalized spacial score (nSPS) is 21.2. The molecule has 0 saturated heterocycles. The van der Waals surface area contributed by atoms with Gasteiger partial charge in [-0.2, -0.15) is 0 Å². The van der Waals surface area contributed by atoms with Crippen LogP contribution in [0.3, 0.4) is 0 Å². The zero-order valence-electron chi connectivity index (χ0n) is 12.1. The van der Waals surface area contributed by atoms with Crippen molar-refractivity contribution in [3.05, 3.63) is 12.2 Å². The van der Waals surface area contributed by atoms with Gasteiger partial charge in [-0.3, -0.25) is 9.69 Å². The molecule has 1 amide bonds. The van der Waals surface area contributed by atoms with Crippen LogP contribution in [-0.2, 0) is 4.79 Å². The van der Waals surface area contributed by atoms with Gasteiger partial charge in [0.15, 0.2) is 0 Å². The van der Waals surface area contributed by atoms with Crippen LogP contribution in [0.25, 0.3) is 0 Å². The van der Waals surface area contributed by atoms with Gasteiger partial charge < -0.3 is 4.90 Å². The van der Waals surface area contributed by atoms with E-state index < -0.39 is 0 Å². The molecule has 0 unspecified atom stereocenters. The van der Waals surface area contributed by atoms with Gasteiger partial charge in [-0.25, -0.2) is 0 Å². The molecule has 1 aliphatic heterocycles. The smallest absolute Gasteiger partial charge is 0.238 e. The number of rotatable bonds is 4. The lowest BCUT2D eigenvalue weighted by atomic mass is 10.0. The predicted molar refractivity (Wildman–Crippen MR) is 71.9 cm³/mol. The minimum Gasteiger partial charge on any atom is -0.324 e. The third kappa shape index (κ3) is 2.89. The van der Waals surface area contributed by atoms with Crippen LogP contribution in [0.15, 0.2) is 12.2 Å². The number of carbonyl (C=O) groups excluding carboxylic acids is 1. The Balaban J connectivity index is 2.81. The van der Waals surface area contributed by atoms with Crippen LogP contribution in [0, 0.1) is 0 Å².